The summed E-state index contributed by atoms with van der Waals surface area (Å²) in [5.74, 6) is 0.385. The monoisotopic (exact) mass is 317 g/mol. The summed E-state index contributed by atoms with van der Waals surface area (Å²) < 4.78 is 26.9. The van der Waals surface area contributed by atoms with Crippen molar-refractivity contribution in [1.29, 1.82) is 0 Å². The highest BCUT2D eigenvalue weighted by Crippen LogP contribution is 2.16. The van der Waals surface area contributed by atoms with Crippen molar-refractivity contribution < 1.29 is 8.42 Å². The van der Waals surface area contributed by atoms with Crippen molar-refractivity contribution in [2.24, 2.45) is 5.92 Å². The van der Waals surface area contributed by atoms with Crippen LogP contribution in [0.4, 0.5) is 0 Å². The topological polar surface area (TPSA) is 46.2 Å². The van der Waals surface area contributed by atoms with Crippen molar-refractivity contribution in [3.05, 3.63) is 35.9 Å². The zero-order chi connectivity index (χ0) is 15.2. The molecule has 0 radical (unpaired) electrons. The van der Waals surface area contributed by atoms with Crippen LogP contribution in [0.1, 0.15) is 32.8 Å². The lowest BCUT2D eigenvalue weighted by atomic mass is 9.97. The molecule has 1 aromatic rings. The predicted octanol–water partition coefficient (Wildman–Crippen LogP) is 3.19. The molecule has 0 aliphatic heterocycles. The van der Waals surface area contributed by atoms with Gasteiger partial charge in [-0.3, -0.25) is 0 Å². The SMILES string of the molecule is CC(CCl)CS(=O)(=O)NC(C)(C)CCc1ccccc1. The van der Waals surface area contributed by atoms with E-state index < -0.39 is 15.6 Å². The summed E-state index contributed by atoms with van der Waals surface area (Å²) in [5, 5.41) is 0. The molecule has 0 saturated heterocycles. The van der Waals surface area contributed by atoms with Crippen LogP contribution in [0.25, 0.3) is 0 Å². The Hall–Kier alpha value is -0.580. The van der Waals surface area contributed by atoms with Gasteiger partial charge in [0.2, 0.25) is 10.0 Å². The highest BCUT2D eigenvalue weighted by atomic mass is 35.5. The summed E-state index contributed by atoms with van der Waals surface area (Å²) >= 11 is 5.68. The second-order valence-corrected chi connectivity index (χ2v) is 8.09. The number of benzene rings is 1. The first-order valence-corrected chi connectivity index (χ1v) is 9.04. The highest BCUT2D eigenvalue weighted by molar-refractivity contribution is 7.89. The Balaban J connectivity index is 2.56. The van der Waals surface area contributed by atoms with Crippen molar-refractivity contribution in [1.82, 2.24) is 4.72 Å². The van der Waals surface area contributed by atoms with E-state index in [2.05, 4.69) is 16.9 Å². The summed E-state index contributed by atoms with van der Waals surface area (Å²) in [7, 11) is -3.29. The number of nitrogens with one attached hydrogen (secondary N) is 1. The number of halogens is 1. The summed E-state index contributed by atoms with van der Waals surface area (Å²) in [6.45, 7) is 5.67. The maximum Gasteiger partial charge on any atom is 0.212 e. The number of hydrogen-bond donors (Lipinski definition) is 1. The molecule has 20 heavy (non-hydrogen) atoms. The Kier molecular flexibility index (Phi) is 6.49. The summed E-state index contributed by atoms with van der Waals surface area (Å²) in [4.78, 5) is 0. The summed E-state index contributed by atoms with van der Waals surface area (Å²) in [6.07, 6.45) is 1.60. The van der Waals surface area contributed by atoms with Gasteiger partial charge < -0.3 is 0 Å². The molecule has 0 heterocycles. The van der Waals surface area contributed by atoms with Gasteiger partial charge >= 0.3 is 0 Å². The first kappa shape index (κ1) is 17.5. The van der Waals surface area contributed by atoms with Gasteiger partial charge in [-0.2, -0.15) is 0 Å². The largest absolute Gasteiger partial charge is 0.212 e. The fraction of sp³-hybridized carbons (Fsp3) is 0.600. The highest BCUT2D eigenvalue weighted by Gasteiger charge is 2.25. The van der Waals surface area contributed by atoms with Crippen LogP contribution in [0.3, 0.4) is 0 Å². The van der Waals surface area contributed by atoms with Crippen LogP contribution >= 0.6 is 11.6 Å². The van der Waals surface area contributed by atoms with Gasteiger partial charge in [0.1, 0.15) is 0 Å². The molecule has 0 fully saturated rings. The molecule has 0 spiro atoms. The van der Waals surface area contributed by atoms with Gasteiger partial charge in [0.15, 0.2) is 0 Å². The molecule has 0 saturated carbocycles. The molecule has 3 nitrogen and oxygen atoms in total. The second kappa shape index (κ2) is 7.43. The fourth-order valence-corrected chi connectivity index (χ4v) is 4.17. The average Bonchev–Trinajstić information content (AvgIpc) is 2.36. The third kappa shape index (κ3) is 6.73. The van der Waals surface area contributed by atoms with Gasteiger partial charge in [-0.1, -0.05) is 37.3 Å². The Labute approximate surface area is 127 Å². The minimum Gasteiger partial charge on any atom is -0.212 e. The van der Waals surface area contributed by atoms with E-state index in [1.807, 2.05) is 39.0 Å². The normalized spacial score (nSPS) is 14.2. The van der Waals surface area contributed by atoms with Crippen LogP contribution in [0.15, 0.2) is 30.3 Å². The number of sulfonamides is 1. The van der Waals surface area contributed by atoms with E-state index in [1.165, 1.54) is 5.56 Å². The molecule has 1 rings (SSSR count). The van der Waals surface area contributed by atoms with E-state index in [-0.39, 0.29) is 11.7 Å². The van der Waals surface area contributed by atoms with Crippen LogP contribution in [-0.2, 0) is 16.4 Å². The van der Waals surface area contributed by atoms with Crippen molar-refractivity contribution in [2.45, 2.75) is 39.2 Å². The summed E-state index contributed by atoms with van der Waals surface area (Å²) in [6, 6.07) is 10.1. The van der Waals surface area contributed by atoms with E-state index in [0.29, 0.717) is 5.88 Å². The van der Waals surface area contributed by atoms with E-state index in [9.17, 15) is 8.42 Å². The van der Waals surface area contributed by atoms with Crippen LogP contribution in [0.2, 0.25) is 0 Å². The van der Waals surface area contributed by atoms with Gasteiger partial charge in [-0.05, 0) is 38.2 Å². The predicted molar refractivity (Wildman–Crippen MR) is 85.6 cm³/mol. The van der Waals surface area contributed by atoms with E-state index in [4.69, 9.17) is 11.6 Å². The molecule has 1 unspecified atom stereocenters. The average molecular weight is 318 g/mol. The van der Waals surface area contributed by atoms with E-state index in [0.717, 1.165) is 12.8 Å². The van der Waals surface area contributed by atoms with Gasteiger partial charge in [-0.25, -0.2) is 13.1 Å². The molecule has 0 aliphatic carbocycles. The molecule has 0 aromatic heterocycles. The lowest BCUT2D eigenvalue weighted by Crippen LogP contribution is -2.45. The second-order valence-electron chi connectivity index (χ2n) is 6.01. The maximum absolute atomic E-state index is 12.1. The van der Waals surface area contributed by atoms with E-state index >= 15 is 0 Å². The molecule has 1 N–H and O–H groups in total. The Morgan fingerprint density at radius 3 is 2.40 bits per heavy atom. The quantitative estimate of drug-likeness (QED) is 0.748. The first-order valence-electron chi connectivity index (χ1n) is 6.86. The van der Waals surface area contributed by atoms with Crippen LogP contribution in [0.5, 0.6) is 0 Å². The van der Waals surface area contributed by atoms with Gasteiger partial charge in [-0.15, -0.1) is 11.6 Å². The molecule has 0 aliphatic rings. The summed E-state index contributed by atoms with van der Waals surface area (Å²) in [5.41, 5.74) is 0.759. The molecule has 114 valence electrons. The zero-order valence-corrected chi connectivity index (χ0v) is 14.0. The van der Waals surface area contributed by atoms with Gasteiger partial charge in [0, 0.05) is 11.4 Å². The van der Waals surface area contributed by atoms with Crippen LogP contribution < -0.4 is 4.72 Å². The van der Waals surface area contributed by atoms with Crippen LogP contribution in [-0.4, -0.2) is 25.6 Å². The molecule has 5 heteroatoms. The molecular weight excluding hydrogens is 294 g/mol. The first-order chi connectivity index (χ1) is 9.24. The van der Waals surface area contributed by atoms with Crippen molar-refractivity contribution in [2.75, 3.05) is 11.6 Å². The number of rotatable bonds is 8. The van der Waals surface area contributed by atoms with Crippen LogP contribution in [0, 0.1) is 5.92 Å². The minimum absolute atomic E-state index is 0.0425. The van der Waals surface area contributed by atoms with Gasteiger partial charge in [0.25, 0.3) is 0 Å². The zero-order valence-electron chi connectivity index (χ0n) is 12.4. The number of alkyl halides is 1. The van der Waals surface area contributed by atoms with Crippen molar-refractivity contribution >= 4 is 21.6 Å². The smallest absolute Gasteiger partial charge is 0.212 e. The number of hydrogen-bond acceptors (Lipinski definition) is 2. The lowest BCUT2D eigenvalue weighted by molar-refractivity contribution is 0.420. The van der Waals surface area contributed by atoms with Gasteiger partial charge in [0.05, 0.1) is 5.75 Å². The molecule has 1 aromatic carbocycles. The Morgan fingerprint density at radius 2 is 1.85 bits per heavy atom. The molecular formula is C15H24ClNO2S. The third-order valence-corrected chi connectivity index (χ3v) is 5.48. The molecule has 0 bridgehead atoms. The molecule has 1 atom stereocenters. The maximum atomic E-state index is 12.1. The minimum atomic E-state index is -3.29. The third-order valence-electron chi connectivity index (χ3n) is 3.08. The standard InChI is InChI=1S/C15H24ClNO2S/c1-13(11-16)12-20(18,19)17-15(2,3)10-9-14-7-5-4-6-8-14/h4-8,13,17H,9-12H2,1-3H3. The Bertz CT molecular complexity index is 500. The fourth-order valence-electron chi connectivity index (χ4n) is 2.03. The molecule has 0 amide bonds. The lowest BCUT2D eigenvalue weighted by Gasteiger charge is -2.26. The Morgan fingerprint density at radius 1 is 1.25 bits per heavy atom. The van der Waals surface area contributed by atoms with E-state index in [1.54, 1.807) is 0 Å². The van der Waals surface area contributed by atoms with Crippen molar-refractivity contribution in [3.8, 4) is 0 Å². The number of aryl methyl sites for hydroxylation is 1. The van der Waals surface area contributed by atoms with Crippen molar-refractivity contribution in [3.63, 3.8) is 0 Å².